The molecule has 0 saturated carbocycles. The number of halogens is 1. The van der Waals surface area contributed by atoms with Crippen molar-refractivity contribution in [2.24, 2.45) is 0 Å². The summed E-state index contributed by atoms with van der Waals surface area (Å²) in [5.41, 5.74) is 0. The van der Waals surface area contributed by atoms with Crippen molar-refractivity contribution in [2.75, 3.05) is 18.0 Å². The van der Waals surface area contributed by atoms with Gasteiger partial charge in [0.25, 0.3) is 0 Å². The first-order valence-corrected chi connectivity index (χ1v) is 4.31. The fraction of sp³-hybridized carbons (Fsp3) is 0.444. The second-order valence-electron chi connectivity index (χ2n) is 3.21. The van der Waals surface area contributed by atoms with Crippen LogP contribution in [-0.4, -0.2) is 29.3 Å². The number of rotatable bonds is 1. The van der Waals surface area contributed by atoms with Crippen LogP contribution < -0.4 is 4.90 Å². The predicted molar refractivity (Wildman–Crippen MR) is 47.0 cm³/mol. The maximum atomic E-state index is 12.7. The molecular weight excluding hydrogens is 171 g/mol. The average molecular weight is 182 g/mol. The van der Waals surface area contributed by atoms with Crippen molar-refractivity contribution in [3.05, 3.63) is 24.1 Å². The molecular formula is C9H11FN2O. The molecule has 2 rings (SSSR count). The van der Waals surface area contributed by atoms with Crippen LogP contribution >= 0.6 is 0 Å². The van der Waals surface area contributed by atoms with Gasteiger partial charge in [-0.2, -0.15) is 4.39 Å². The van der Waals surface area contributed by atoms with E-state index in [9.17, 15) is 9.50 Å². The third kappa shape index (κ3) is 1.78. The van der Waals surface area contributed by atoms with Crippen LogP contribution in [-0.2, 0) is 0 Å². The number of aliphatic hydroxyl groups is 1. The summed E-state index contributed by atoms with van der Waals surface area (Å²) in [4.78, 5) is 5.62. The highest BCUT2D eigenvalue weighted by Crippen LogP contribution is 2.17. The zero-order chi connectivity index (χ0) is 9.26. The van der Waals surface area contributed by atoms with Crippen molar-refractivity contribution in [1.29, 1.82) is 0 Å². The number of anilines is 1. The Bertz CT molecular complexity index is 305. The average Bonchev–Trinajstić information content (AvgIpc) is 2.52. The molecule has 0 spiro atoms. The Kier molecular flexibility index (Phi) is 2.14. The van der Waals surface area contributed by atoms with Gasteiger partial charge in [0.05, 0.1) is 6.10 Å². The number of aromatic nitrogens is 1. The fourth-order valence-electron chi connectivity index (χ4n) is 1.52. The molecule has 1 aromatic heterocycles. The topological polar surface area (TPSA) is 36.4 Å². The minimum Gasteiger partial charge on any atom is -0.391 e. The van der Waals surface area contributed by atoms with Crippen LogP contribution in [0.5, 0.6) is 0 Å². The van der Waals surface area contributed by atoms with Gasteiger partial charge in [0.2, 0.25) is 5.95 Å². The van der Waals surface area contributed by atoms with E-state index < -0.39 is 5.95 Å². The Morgan fingerprint density at radius 2 is 2.38 bits per heavy atom. The lowest BCUT2D eigenvalue weighted by Crippen LogP contribution is -2.22. The molecule has 1 aliphatic heterocycles. The Hall–Kier alpha value is -1.16. The molecule has 0 amide bonds. The maximum Gasteiger partial charge on any atom is 0.214 e. The number of pyridine rings is 1. The molecule has 3 nitrogen and oxygen atoms in total. The molecule has 0 aromatic carbocycles. The summed E-state index contributed by atoms with van der Waals surface area (Å²) in [6.45, 7) is 1.30. The summed E-state index contributed by atoms with van der Waals surface area (Å²) < 4.78 is 12.7. The molecule has 1 fully saturated rings. The lowest BCUT2D eigenvalue weighted by atomic mass is 10.3. The summed E-state index contributed by atoms with van der Waals surface area (Å²) in [6, 6.07) is 4.69. The maximum absolute atomic E-state index is 12.7. The molecule has 1 aromatic rings. The molecule has 0 bridgehead atoms. The molecule has 13 heavy (non-hydrogen) atoms. The fourth-order valence-corrected chi connectivity index (χ4v) is 1.52. The van der Waals surface area contributed by atoms with E-state index in [-0.39, 0.29) is 6.10 Å². The van der Waals surface area contributed by atoms with Crippen molar-refractivity contribution < 1.29 is 9.50 Å². The van der Waals surface area contributed by atoms with Crippen molar-refractivity contribution in [1.82, 2.24) is 4.98 Å². The van der Waals surface area contributed by atoms with Crippen LogP contribution in [0.15, 0.2) is 18.2 Å². The van der Waals surface area contributed by atoms with Crippen molar-refractivity contribution in [2.45, 2.75) is 12.5 Å². The van der Waals surface area contributed by atoms with Gasteiger partial charge in [-0.25, -0.2) is 4.98 Å². The predicted octanol–water partition coefficient (Wildman–Crippen LogP) is 0.792. The molecule has 1 saturated heterocycles. The third-order valence-corrected chi connectivity index (χ3v) is 2.19. The molecule has 70 valence electrons. The number of hydrogen-bond acceptors (Lipinski definition) is 3. The van der Waals surface area contributed by atoms with Crippen molar-refractivity contribution in [3.63, 3.8) is 0 Å². The van der Waals surface area contributed by atoms with Gasteiger partial charge in [-0.1, -0.05) is 6.07 Å². The van der Waals surface area contributed by atoms with Gasteiger partial charge in [-0.05, 0) is 18.6 Å². The van der Waals surface area contributed by atoms with Gasteiger partial charge in [0.1, 0.15) is 5.82 Å². The summed E-state index contributed by atoms with van der Waals surface area (Å²) in [5.74, 6) is 0.135. The van der Waals surface area contributed by atoms with E-state index in [0.717, 1.165) is 13.0 Å². The minimum absolute atomic E-state index is 0.301. The first kappa shape index (κ1) is 8.44. The van der Waals surface area contributed by atoms with E-state index in [1.807, 2.05) is 4.90 Å². The standard InChI is InChI=1S/C9H11FN2O/c10-8-2-1-3-9(11-8)12-5-4-7(13)6-12/h1-3,7,13H,4-6H2. The van der Waals surface area contributed by atoms with E-state index in [1.54, 1.807) is 12.1 Å². The van der Waals surface area contributed by atoms with E-state index in [4.69, 9.17) is 0 Å². The zero-order valence-electron chi connectivity index (χ0n) is 7.15. The first-order chi connectivity index (χ1) is 6.25. The van der Waals surface area contributed by atoms with Crippen molar-refractivity contribution >= 4 is 5.82 Å². The molecule has 2 heterocycles. The molecule has 1 N–H and O–H groups in total. The molecule has 1 unspecified atom stereocenters. The quantitative estimate of drug-likeness (QED) is 0.652. The zero-order valence-corrected chi connectivity index (χ0v) is 7.15. The SMILES string of the molecule is OC1CCN(c2cccc(F)n2)C1. The molecule has 1 aliphatic rings. The summed E-state index contributed by atoms with van der Waals surface area (Å²) >= 11 is 0. The number of β-amino-alcohol motifs (C(OH)–C–C–N with tert-alkyl or cyclic N) is 1. The second-order valence-corrected chi connectivity index (χ2v) is 3.21. The van der Waals surface area contributed by atoms with Gasteiger partial charge >= 0.3 is 0 Å². The largest absolute Gasteiger partial charge is 0.391 e. The van der Waals surface area contributed by atoms with Gasteiger partial charge in [0.15, 0.2) is 0 Å². The third-order valence-electron chi connectivity index (χ3n) is 2.19. The van der Waals surface area contributed by atoms with E-state index in [1.165, 1.54) is 6.07 Å². The van der Waals surface area contributed by atoms with Gasteiger partial charge in [-0.3, -0.25) is 0 Å². The molecule has 4 heteroatoms. The smallest absolute Gasteiger partial charge is 0.214 e. The van der Waals surface area contributed by atoms with Crippen LogP contribution in [0, 0.1) is 5.95 Å². The summed E-state index contributed by atoms with van der Waals surface area (Å²) in [5, 5.41) is 9.27. The second kappa shape index (κ2) is 3.30. The Morgan fingerprint density at radius 1 is 1.54 bits per heavy atom. The Morgan fingerprint density at radius 3 is 3.00 bits per heavy atom. The van der Waals surface area contributed by atoms with Gasteiger partial charge in [-0.15, -0.1) is 0 Å². The minimum atomic E-state index is -0.473. The van der Waals surface area contributed by atoms with E-state index >= 15 is 0 Å². The van der Waals surface area contributed by atoms with Gasteiger partial charge < -0.3 is 10.0 Å². The lowest BCUT2D eigenvalue weighted by molar-refractivity contribution is 0.198. The highest BCUT2D eigenvalue weighted by atomic mass is 19.1. The first-order valence-electron chi connectivity index (χ1n) is 4.31. The Labute approximate surface area is 75.8 Å². The highest BCUT2D eigenvalue weighted by Gasteiger charge is 2.21. The molecule has 1 atom stereocenters. The van der Waals surface area contributed by atoms with Crippen LogP contribution in [0.2, 0.25) is 0 Å². The normalized spacial score (nSPS) is 22.3. The highest BCUT2D eigenvalue weighted by molar-refractivity contribution is 5.39. The number of hydrogen-bond donors (Lipinski definition) is 1. The number of aliphatic hydroxyl groups excluding tert-OH is 1. The van der Waals surface area contributed by atoms with Crippen LogP contribution in [0.1, 0.15) is 6.42 Å². The van der Waals surface area contributed by atoms with E-state index in [0.29, 0.717) is 12.4 Å². The number of nitrogens with zero attached hydrogens (tertiary/aromatic N) is 2. The van der Waals surface area contributed by atoms with Crippen LogP contribution in [0.25, 0.3) is 0 Å². The van der Waals surface area contributed by atoms with Crippen LogP contribution in [0.3, 0.4) is 0 Å². The van der Waals surface area contributed by atoms with Crippen molar-refractivity contribution in [3.8, 4) is 0 Å². The molecule has 0 aliphatic carbocycles. The summed E-state index contributed by atoms with van der Waals surface area (Å²) in [7, 11) is 0. The summed E-state index contributed by atoms with van der Waals surface area (Å²) in [6.07, 6.45) is 0.433. The van der Waals surface area contributed by atoms with E-state index in [2.05, 4.69) is 4.98 Å². The van der Waals surface area contributed by atoms with Crippen LogP contribution in [0.4, 0.5) is 10.2 Å². The lowest BCUT2D eigenvalue weighted by Gasteiger charge is -2.15. The monoisotopic (exact) mass is 182 g/mol. The van der Waals surface area contributed by atoms with Gasteiger partial charge in [0, 0.05) is 13.1 Å². The Balaban J connectivity index is 2.16. The molecule has 0 radical (unpaired) electrons.